The minimum atomic E-state index is -0.580. The molecule has 1 heterocycles. The average molecular weight is 114 g/mol. The fraction of sp³-hybridized carbons (Fsp3) is 0.333. The number of nitrogens with zero attached hydrogens (tertiary/aromatic N) is 1. The predicted molar refractivity (Wildman–Crippen MR) is 28.1 cm³/mol. The molecule has 1 unspecified atom stereocenters. The molecule has 0 aromatic rings. The van der Waals surface area contributed by atoms with Gasteiger partial charge >= 0.3 is 6.03 Å². The molecule has 0 fully saturated rings. The average Bonchev–Trinajstić information content (AvgIpc) is 1.64. The number of rotatable bonds is 0. The number of nitrogens with one attached hydrogen (secondary N) is 2. The van der Waals surface area contributed by atoms with Gasteiger partial charge in [-0.1, -0.05) is 0 Å². The lowest BCUT2D eigenvalue weighted by Crippen LogP contribution is -2.49. The third kappa shape index (κ3) is 0.941. The van der Waals surface area contributed by atoms with Crippen LogP contribution in [0, 0.1) is 0 Å². The number of hydrogen-bond acceptors (Lipinski definition) is 3. The van der Waals surface area contributed by atoms with Crippen molar-refractivity contribution in [3.8, 4) is 0 Å². The summed E-state index contributed by atoms with van der Waals surface area (Å²) in [7, 11) is 0. The van der Waals surface area contributed by atoms with Crippen LogP contribution in [-0.4, -0.2) is 18.7 Å². The molecule has 0 spiro atoms. The summed E-state index contributed by atoms with van der Waals surface area (Å²) in [5.74, 6) is 0. The van der Waals surface area contributed by atoms with Crippen molar-refractivity contribution < 1.29 is 4.79 Å². The number of carbonyl (C=O) groups excluding carboxylic acids is 1. The Kier molecular flexibility index (Phi) is 1.13. The van der Waals surface area contributed by atoms with E-state index in [1.165, 1.54) is 6.34 Å². The fourth-order valence-electron chi connectivity index (χ4n) is 0.389. The standard InChI is InChI=1S/C3H6N4O/c4-2-5-1-6-3(8)7-2/h1-2H,4H2,(H2,5,6,7,8). The lowest BCUT2D eigenvalue weighted by atomic mass is 10.7. The van der Waals surface area contributed by atoms with E-state index in [9.17, 15) is 4.79 Å². The number of carbonyl (C=O) groups is 1. The van der Waals surface area contributed by atoms with Crippen molar-refractivity contribution in [1.29, 1.82) is 0 Å². The summed E-state index contributed by atoms with van der Waals surface area (Å²) in [5, 5.41) is 4.60. The van der Waals surface area contributed by atoms with Crippen LogP contribution in [0.3, 0.4) is 0 Å². The Hall–Kier alpha value is -1.10. The van der Waals surface area contributed by atoms with Crippen molar-refractivity contribution in [3.63, 3.8) is 0 Å². The summed E-state index contributed by atoms with van der Waals surface area (Å²) in [6.07, 6.45) is 0.687. The second kappa shape index (κ2) is 1.79. The second-order valence-corrected chi connectivity index (χ2v) is 1.34. The highest BCUT2D eigenvalue weighted by Crippen LogP contribution is 1.76. The molecule has 0 saturated carbocycles. The van der Waals surface area contributed by atoms with Crippen molar-refractivity contribution in [2.45, 2.75) is 6.29 Å². The topological polar surface area (TPSA) is 79.5 Å². The molecule has 0 aliphatic carbocycles. The van der Waals surface area contributed by atoms with Crippen molar-refractivity contribution in [2.75, 3.05) is 0 Å². The summed E-state index contributed by atoms with van der Waals surface area (Å²) in [6, 6.07) is -0.312. The van der Waals surface area contributed by atoms with Gasteiger partial charge in [-0.2, -0.15) is 0 Å². The number of aliphatic imine (C=N–C) groups is 1. The van der Waals surface area contributed by atoms with E-state index in [-0.39, 0.29) is 6.03 Å². The smallest absolute Gasteiger partial charge is 0.303 e. The van der Waals surface area contributed by atoms with Crippen LogP contribution in [0.1, 0.15) is 0 Å². The van der Waals surface area contributed by atoms with E-state index in [4.69, 9.17) is 5.73 Å². The molecule has 0 radical (unpaired) electrons. The largest absolute Gasteiger partial charge is 0.322 e. The second-order valence-electron chi connectivity index (χ2n) is 1.34. The van der Waals surface area contributed by atoms with Gasteiger partial charge in [-0.3, -0.25) is 11.1 Å². The van der Waals surface area contributed by atoms with Crippen LogP contribution in [0.25, 0.3) is 0 Å². The van der Waals surface area contributed by atoms with Crippen molar-refractivity contribution in [1.82, 2.24) is 10.6 Å². The minimum Gasteiger partial charge on any atom is -0.303 e. The first-order valence-electron chi connectivity index (χ1n) is 2.13. The Labute approximate surface area is 46.0 Å². The van der Waals surface area contributed by atoms with E-state index < -0.39 is 6.29 Å². The monoisotopic (exact) mass is 114 g/mol. The van der Waals surface area contributed by atoms with Gasteiger partial charge in [0.2, 0.25) is 0 Å². The van der Waals surface area contributed by atoms with Crippen LogP contribution in [0.2, 0.25) is 0 Å². The highest BCUT2D eigenvalue weighted by Gasteiger charge is 2.06. The van der Waals surface area contributed by atoms with Gasteiger partial charge in [-0.15, -0.1) is 0 Å². The van der Waals surface area contributed by atoms with Gasteiger partial charge in [-0.25, -0.2) is 9.79 Å². The third-order valence-electron chi connectivity index (χ3n) is 0.710. The Bertz CT molecular complexity index is 131. The van der Waals surface area contributed by atoms with Gasteiger partial charge in [0.15, 0.2) is 6.29 Å². The molecule has 0 saturated heterocycles. The first kappa shape index (κ1) is 5.04. The van der Waals surface area contributed by atoms with Gasteiger partial charge in [0.25, 0.3) is 0 Å². The molecule has 1 rings (SSSR count). The zero-order chi connectivity index (χ0) is 5.98. The highest BCUT2D eigenvalue weighted by atomic mass is 16.2. The van der Waals surface area contributed by atoms with Crippen LogP contribution in [0.5, 0.6) is 0 Å². The van der Waals surface area contributed by atoms with Crippen LogP contribution in [0.4, 0.5) is 4.79 Å². The highest BCUT2D eigenvalue weighted by molar-refractivity contribution is 5.87. The van der Waals surface area contributed by atoms with Crippen LogP contribution in [0.15, 0.2) is 4.99 Å². The first-order valence-corrected chi connectivity index (χ1v) is 2.13. The normalized spacial score (nSPS) is 26.6. The van der Waals surface area contributed by atoms with Crippen LogP contribution in [-0.2, 0) is 0 Å². The number of urea groups is 1. The lowest BCUT2D eigenvalue weighted by molar-refractivity contribution is 0.240. The molecule has 8 heavy (non-hydrogen) atoms. The maximum Gasteiger partial charge on any atom is 0.322 e. The summed E-state index contributed by atoms with van der Waals surface area (Å²) >= 11 is 0. The zero-order valence-electron chi connectivity index (χ0n) is 4.09. The van der Waals surface area contributed by atoms with E-state index in [1.54, 1.807) is 0 Å². The van der Waals surface area contributed by atoms with Gasteiger partial charge in [0, 0.05) is 0 Å². The molecule has 1 atom stereocenters. The summed E-state index contributed by atoms with van der Waals surface area (Å²) < 4.78 is 0. The van der Waals surface area contributed by atoms with E-state index in [0.717, 1.165) is 0 Å². The zero-order valence-corrected chi connectivity index (χ0v) is 4.09. The maximum absolute atomic E-state index is 10.3. The van der Waals surface area contributed by atoms with E-state index in [0.29, 0.717) is 0 Å². The molecular weight excluding hydrogens is 108 g/mol. The number of nitrogens with two attached hydrogens (primary N) is 1. The van der Waals surface area contributed by atoms with Crippen molar-refractivity contribution in [3.05, 3.63) is 0 Å². The molecule has 44 valence electrons. The molecule has 0 aromatic heterocycles. The molecule has 5 heteroatoms. The molecule has 2 amide bonds. The van der Waals surface area contributed by atoms with Gasteiger partial charge < -0.3 is 5.32 Å². The van der Waals surface area contributed by atoms with E-state index in [1.807, 2.05) is 0 Å². The van der Waals surface area contributed by atoms with Crippen LogP contribution < -0.4 is 16.4 Å². The van der Waals surface area contributed by atoms with Gasteiger partial charge in [0.05, 0.1) is 6.34 Å². The van der Waals surface area contributed by atoms with Gasteiger partial charge in [-0.05, 0) is 0 Å². The summed E-state index contributed by atoms with van der Waals surface area (Å²) in [5.41, 5.74) is 5.16. The first-order chi connectivity index (χ1) is 3.79. The van der Waals surface area contributed by atoms with Crippen LogP contribution >= 0.6 is 0 Å². The maximum atomic E-state index is 10.3. The molecular formula is C3H6N4O. The Morgan fingerprint density at radius 2 is 2.62 bits per heavy atom. The third-order valence-corrected chi connectivity index (χ3v) is 0.710. The molecule has 0 bridgehead atoms. The van der Waals surface area contributed by atoms with Crippen molar-refractivity contribution >= 4 is 12.4 Å². The number of amides is 2. The summed E-state index contributed by atoms with van der Waals surface area (Å²) in [4.78, 5) is 13.9. The quantitative estimate of drug-likeness (QED) is 0.361. The van der Waals surface area contributed by atoms with Crippen molar-refractivity contribution in [2.24, 2.45) is 10.7 Å². The Morgan fingerprint density at radius 3 is 3.00 bits per heavy atom. The molecule has 1 aliphatic rings. The Morgan fingerprint density at radius 1 is 1.88 bits per heavy atom. The molecule has 5 nitrogen and oxygen atoms in total. The molecule has 0 aromatic carbocycles. The number of hydrogen-bond donors (Lipinski definition) is 3. The van der Waals surface area contributed by atoms with E-state index in [2.05, 4.69) is 15.6 Å². The molecule has 1 aliphatic heterocycles. The van der Waals surface area contributed by atoms with Gasteiger partial charge in [0.1, 0.15) is 0 Å². The fourth-order valence-corrected chi connectivity index (χ4v) is 0.389. The van der Waals surface area contributed by atoms with E-state index >= 15 is 0 Å². The Balaban J connectivity index is 2.54. The lowest BCUT2D eigenvalue weighted by Gasteiger charge is -2.12. The SMILES string of the molecule is NC1N=CNC(=O)N1. The predicted octanol–water partition coefficient (Wildman–Crippen LogP) is -1.43. The summed E-state index contributed by atoms with van der Waals surface area (Å²) in [6.45, 7) is 0. The molecule has 4 N–H and O–H groups in total. The minimum absolute atomic E-state index is 0.312.